The molecule has 27 heavy (non-hydrogen) atoms. The van der Waals surface area contributed by atoms with Crippen LogP contribution in [0.3, 0.4) is 0 Å². The number of aromatic nitrogens is 2. The van der Waals surface area contributed by atoms with Crippen molar-refractivity contribution >= 4 is 23.0 Å². The largest absolute Gasteiger partial charge is 0.393 e. The maximum absolute atomic E-state index is 6.66. The summed E-state index contributed by atoms with van der Waals surface area (Å²) in [5.41, 5.74) is 9.17. The van der Waals surface area contributed by atoms with Crippen molar-refractivity contribution in [2.75, 3.05) is 28.6 Å². The summed E-state index contributed by atoms with van der Waals surface area (Å²) in [5.74, 6) is 1.71. The Morgan fingerprint density at radius 2 is 1.89 bits per heavy atom. The fraction of sp³-hybridized carbons (Fsp3) is 0.545. The molecule has 4 rings (SSSR count). The van der Waals surface area contributed by atoms with Crippen LogP contribution in [0.5, 0.6) is 0 Å². The number of hydrogen-bond donors (Lipinski definition) is 1. The van der Waals surface area contributed by atoms with Gasteiger partial charge in [-0.05, 0) is 49.1 Å². The number of nitrogens with zero attached hydrogens (tertiary/aromatic N) is 4. The summed E-state index contributed by atoms with van der Waals surface area (Å²) in [6, 6.07) is 10.8. The van der Waals surface area contributed by atoms with Gasteiger partial charge in [0.15, 0.2) is 11.6 Å². The van der Waals surface area contributed by atoms with Crippen LogP contribution in [-0.2, 0) is 0 Å². The SMILES string of the molecule is CCN(c1ccccc1)c1ncnc(N2CC3(C)CC2CC(C)(C)C3)c1N. The van der Waals surface area contributed by atoms with Crippen LogP contribution in [0.1, 0.15) is 47.0 Å². The molecule has 5 nitrogen and oxygen atoms in total. The van der Waals surface area contributed by atoms with E-state index in [9.17, 15) is 0 Å². The molecule has 1 aromatic heterocycles. The van der Waals surface area contributed by atoms with Crippen LogP contribution in [0, 0.1) is 10.8 Å². The van der Waals surface area contributed by atoms with Gasteiger partial charge in [0.1, 0.15) is 12.0 Å². The number of rotatable bonds is 4. The second kappa shape index (κ2) is 6.39. The molecule has 2 atom stereocenters. The fourth-order valence-corrected chi connectivity index (χ4v) is 5.59. The van der Waals surface area contributed by atoms with Gasteiger partial charge in [-0.25, -0.2) is 9.97 Å². The van der Waals surface area contributed by atoms with Crippen molar-refractivity contribution in [1.82, 2.24) is 9.97 Å². The average molecular weight is 366 g/mol. The van der Waals surface area contributed by atoms with Gasteiger partial charge >= 0.3 is 0 Å². The lowest BCUT2D eigenvalue weighted by molar-refractivity contribution is 0.136. The van der Waals surface area contributed by atoms with Crippen LogP contribution >= 0.6 is 0 Å². The number of anilines is 4. The summed E-state index contributed by atoms with van der Waals surface area (Å²) in [4.78, 5) is 13.8. The predicted molar refractivity (Wildman–Crippen MR) is 112 cm³/mol. The van der Waals surface area contributed by atoms with Gasteiger partial charge in [0.25, 0.3) is 0 Å². The molecule has 2 unspecified atom stereocenters. The zero-order chi connectivity index (χ0) is 19.2. The molecule has 0 radical (unpaired) electrons. The molecule has 2 N–H and O–H groups in total. The van der Waals surface area contributed by atoms with Crippen molar-refractivity contribution in [3.05, 3.63) is 36.7 Å². The highest BCUT2D eigenvalue weighted by molar-refractivity contribution is 5.80. The number of benzene rings is 1. The third kappa shape index (κ3) is 3.24. The van der Waals surface area contributed by atoms with Crippen LogP contribution in [0.4, 0.5) is 23.0 Å². The summed E-state index contributed by atoms with van der Waals surface area (Å²) in [6.07, 6.45) is 5.35. The predicted octanol–water partition coefficient (Wildman–Crippen LogP) is 4.62. The second-order valence-electron chi connectivity index (χ2n) is 9.36. The molecule has 0 spiro atoms. The smallest absolute Gasteiger partial charge is 0.161 e. The maximum Gasteiger partial charge on any atom is 0.161 e. The van der Waals surface area contributed by atoms with E-state index in [2.05, 4.69) is 59.6 Å². The van der Waals surface area contributed by atoms with Crippen LogP contribution in [0.25, 0.3) is 0 Å². The minimum atomic E-state index is 0.341. The summed E-state index contributed by atoms with van der Waals surface area (Å²) in [6.45, 7) is 11.2. The first kappa shape index (κ1) is 18.1. The first-order valence-corrected chi connectivity index (χ1v) is 10.0. The molecule has 144 valence electrons. The van der Waals surface area contributed by atoms with E-state index in [1.165, 1.54) is 19.3 Å². The Kier molecular flexibility index (Phi) is 4.28. The molecule has 2 aromatic rings. The quantitative estimate of drug-likeness (QED) is 0.856. The van der Waals surface area contributed by atoms with Gasteiger partial charge in [0.05, 0.1) is 0 Å². The van der Waals surface area contributed by atoms with Gasteiger partial charge in [-0.2, -0.15) is 0 Å². The Bertz CT molecular complexity index is 819. The van der Waals surface area contributed by atoms with E-state index in [1.54, 1.807) is 6.33 Å². The first-order chi connectivity index (χ1) is 12.8. The Labute approximate surface area is 162 Å². The topological polar surface area (TPSA) is 58.3 Å². The van der Waals surface area contributed by atoms with Crippen LogP contribution in [0.2, 0.25) is 0 Å². The molecule has 1 aromatic carbocycles. The minimum Gasteiger partial charge on any atom is -0.393 e. The van der Waals surface area contributed by atoms with E-state index >= 15 is 0 Å². The molecule has 1 aliphatic heterocycles. The lowest BCUT2D eigenvalue weighted by Crippen LogP contribution is -2.35. The molecule has 2 heterocycles. The van der Waals surface area contributed by atoms with Gasteiger partial charge in [0, 0.05) is 24.8 Å². The van der Waals surface area contributed by atoms with Crippen molar-refractivity contribution in [1.29, 1.82) is 0 Å². The Morgan fingerprint density at radius 3 is 2.59 bits per heavy atom. The van der Waals surface area contributed by atoms with E-state index in [4.69, 9.17) is 5.73 Å². The third-order valence-corrected chi connectivity index (χ3v) is 6.17. The normalized spacial score (nSPS) is 26.2. The molecule has 1 aliphatic carbocycles. The molecule has 0 amide bonds. The van der Waals surface area contributed by atoms with Crippen LogP contribution in [0.15, 0.2) is 36.7 Å². The lowest BCUT2D eigenvalue weighted by atomic mass is 9.65. The number of nitrogen functional groups attached to an aromatic ring is 1. The van der Waals surface area contributed by atoms with Gasteiger partial charge in [-0.1, -0.05) is 39.0 Å². The number of nitrogens with two attached hydrogens (primary N) is 1. The van der Waals surface area contributed by atoms with Crippen molar-refractivity contribution in [2.45, 2.75) is 53.0 Å². The molecule has 1 saturated heterocycles. The highest BCUT2D eigenvalue weighted by atomic mass is 15.3. The molecule has 2 fully saturated rings. The number of para-hydroxylation sites is 1. The van der Waals surface area contributed by atoms with E-state index in [0.29, 0.717) is 22.6 Å². The van der Waals surface area contributed by atoms with Gasteiger partial charge < -0.3 is 15.5 Å². The molecular formula is C22H31N5. The minimum absolute atomic E-state index is 0.341. The van der Waals surface area contributed by atoms with E-state index < -0.39 is 0 Å². The zero-order valence-corrected chi connectivity index (χ0v) is 16.9. The van der Waals surface area contributed by atoms with Crippen LogP contribution < -0.4 is 15.5 Å². The monoisotopic (exact) mass is 365 g/mol. The highest BCUT2D eigenvalue weighted by Gasteiger charge is 2.50. The van der Waals surface area contributed by atoms with E-state index in [0.717, 1.165) is 30.4 Å². The Morgan fingerprint density at radius 1 is 1.15 bits per heavy atom. The van der Waals surface area contributed by atoms with Crippen LogP contribution in [-0.4, -0.2) is 29.1 Å². The lowest BCUT2D eigenvalue weighted by Gasteiger charge is -2.39. The molecular weight excluding hydrogens is 334 g/mol. The van der Waals surface area contributed by atoms with Crippen molar-refractivity contribution in [3.63, 3.8) is 0 Å². The molecule has 2 aliphatic rings. The maximum atomic E-state index is 6.66. The van der Waals surface area contributed by atoms with E-state index in [1.807, 2.05) is 18.2 Å². The zero-order valence-electron chi connectivity index (χ0n) is 16.9. The number of fused-ring (bicyclic) bond motifs is 2. The molecule has 2 bridgehead atoms. The summed E-state index contributed by atoms with van der Waals surface area (Å²) in [7, 11) is 0. The summed E-state index contributed by atoms with van der Waals surface area (Å²) < 4.78 is 0. The van der Waals surface area contributed by atoms with Gasteiger partial charge in [-0.15, -0.1) is 0 Å². The molecule has 5 heteroatoms. The third-order valence-electron chi connectivity index (χ3n) is 6.17. The van der Waals surface area contributed by atoms with Gasteiger partial charge in [-0.3, -0.25) is 0 Å². The van der Waals surface area contributed by atoms with E-state index in [-0.39, 0.29) is 0 Å². The van der Waals surface area contributed by atoms with Gasteiger partial charge in [0.2, 0.25) is 0 Å². The van der Waals surface area contributed by atoms with Crippen molar-refractivity contribution in [3.8, 4) is 0 Å². The Balaban J connectivity index is 1.71. The summed E-state index contributed by atoms with van der Waals surface area (Å²) >= 11 is 0. The second-order valence-corrected chi connectivity index (χ2v) is 9.36. The highest BCUT2D eigenvalue weighted by Crippen LogP contribution is 2.54. The standard InChI is InChI=1S/C22H31N5/c1-5-26(16-9-7-6-8-10-16)19-18(23)20(25-15-24-19)27-14-22(4)12-17(27)11-21(2,3)13-22/h6-10,15,17H,5,11-14,23H2,1-4H3. The van der Waals surface area contributed by atoms with Crippen molar-refractivity contribution < 1.29 is 0 Å². The fourth-order valence-electron chi connectivity index (χ4n) is 5.59. The average Bonchev–Trinajstić information content (AvgIpc) is 2.86. The number of hydrogen-bond acceptors (Lipinski definition) is 5. The van der Waals surface area contributed by atoms with Crippen molar-refractivity contribution in [2.24, 2.45) is 10.8 Å². The molecule has 1 saturated carbocycles. The Hall–Kier alpha value is -2.30. The first-order valence-electron chi connectivity index (χ1n) is 10.0. The summed E-state index contributed by atoms with van der Waals surface area (Å²) in [5, 5.41) is 0.